The van der Waals surface area contributed by atoms with Crippen molar-refractivity contribution in [2.75, 3.05) is 0 Å². The quantitative estimate of drug-likeness (QED) is 0.180. The number of ether oxygens (including phenoxy) is 1. The standard InChI is InChI=1S/C36H27FN4O3/c1-23-19-27(24(2)40(23)28-15-17-29(18-16-28)43-22-26-10-3-6-12-31(26)37)21-38-41-35(34-20-25-9-4-8-14-33(25)44-34)39-32-13-7-5-11-30(32)36(41)42/h3-21H,22H2,1-2H3. The Morgan fingerprint density at radius 1 is 0.909 bits per heavy atom. The second kappa shape index (κ2) is 11.1. The van der Waals surface area contributed by atoms with E-state index in [0.717, 1.165) is 28.0 Å². The molecule has 0 saturated carbocycles. The van der Waals surface area contributed by atoms with Gasteiger partial charge in [-0.3, -0.25) is 4.79 Å². The van der Waals surface area contributed by atoms with E-state index >= 15 is 0 Å². The third kappa shape index (κ3) is 4.96. The van der Waals surface area contributed by atoms with E-state index < -0.39 is 0 Å². The van der Waals surface area contributed by atoms with Crippen molar-refractivity contribution in [3.8, 4) is 23.0 Å². The molecule has 0 fully saturated rings. The van der Waals surface area contributed by atoms with E-state index in [1.165, 1.54) is 10.7 Å². The Labute approximate surface area is 252 Å². The van der Waals surface area contributed by atoms with Gasteiger partial charge in [-0.1, -0.05) is 48.5 Å². The van der Waals surface area contributed by atoms with Crippen LogP contribution >= 0.6 is 0 Å². The summed E-state index contributed by atoms with van der Waals surface area (Å²) >= 11 is 0. The first-order valence-corrected chi connectivity index (χ1v) is 14.2. The molecule has 0 aliphatic heterocycles. The molecule has 0 bridgehead atoms. The highest BCUT2D eigenvalue weighted by molar-refractivity contribution is 5.85. The number of hydrogen-bond acceptors (Lipinski definition) is 5. The molecule has 8 heteroatoms. The van der Waals surface area contributed by atoms with Gasteiger partial charge in [-0.05, 0) is 74.5 Å². The lowest BCUT2D eigenvalue weighted by Crippen LogP contribution is -2.20. The van der Waals surface area contributed by atoms with Crippen LogP contribution in [0.4, 0.5) is 4.39 Å². The van der Waals surface area contributed by atoms with Crippen molar-refractivity contribution in [2.45, 2.75) is 20.5 Å². The summed E-state index contributed by atoms with van der Waals surface area (Å²) in [6.07, 6.45) is 1.68. The van der Waals surface area contributed by atoms with Crippen LogP contribution in [0.3, 0.4) is 0 Å². The summed E-state index contributed by atoms with van der Waals surface area (Å²) < 4.78 is 29.3. The summed E-state index contributed by atoms with van der Waals surface area (Å²) in [5.74, 6) is 1.13. The van der Waals surface area contributed by atoms with Crippen molar-refractivity contribution in [1.29, 1.82) is 0 Å². The van der Waals surface area contributed by atoms with Gasteiger partial charge in [0.25, 0.3) is 5.56 Å². The van der Waals surface area contributed by atoms with Crippen LogP contribution in [0.1, 0.15) is 22.5 Å². The van der Waals surface area contributed by atoms with Crippen LogP contribution in [0.5, 0.6) is 5.75 Å². The molecule has 3 heterocycles. The lowest BCUT2D eigenvalue weighted by atomic mass is 10.2. The van der Waals surface area contributed by atoms with Gasteiger partial charge in [-0.25, -0.2) is 9.37 Å². The highest BCUT2D eigenvalue weighted by atomic mass is 19.1. The van der Waals surface area contributed by atoms with Gasteiger partial charge in [0.1, 0.15) is 23.8 Å². The fourth-order valence-electron chi connectivity index (χ4n) is 5.39. The number of aryl methyl sites for hydroxylation is 1. The third-order valence-electron chi connectivity index (χ3n) is 7.63. The smallest absolute Gasteiger partial charge is 0.282 e. The molecule has 3 aromatic heterocycles. The zero-order valence-corrected chi connectivity index (χ0v) is 24.1. The maximum Gasteiger partial charge on any atom is 0.282 e. The number of halogens is 1. The van der Waals surface area contributed by atoms with Crippen molar-refractivity contribution in [3.63, 3.8) is 0 Å². The number of hydrogen-bond donors (Lipinski definition) is 0. The second-order valence-electron chi connectivity index (χ2n) is 10.5. The highest BCUT2D eigenvalue weighted by Gasteiger charge is 2.17. The molecule has 44 heavy (non-hydrogen) atoms. The predicted molar refractivity (Wildman–Crippen MR) is 170 cm³/mol. The first kappa shape index (κ1) is 27.1. The number of fused-ring (bicyclic) bond motifs is 2. The Hall–Kier alpha value is -5.76. The minimum absolute atomic E-state index is 0.146. The van der Waals surface area contributed by atoms with Gasteiger partial charge in [0.15, 0.2) is 5.76 Å². The highest BCUT2D eigenvalue weighted by Crippen LogP contribution is 2.28. The first-order chi connectivity index (χ1) is 21.5. The summed E-state index contributed by atoms with van der Waals surface area (Å²) in [6, 6.07) is 33.0. The summed E-state index contributed by atoms with van der Waals surface area (Å²) in [5.41, 5.74) is 5.20. The zero-order valence-electron chi connectivity index (χ0n) is 24.1. The second-order valence-corrected chi connectivity index (χ2v) is 10.5. The van der Waals surface area contributed by atoms with Gasteiger partial charge in [0, 0.05) is 33.6 Å². The van der Waals surface area contributed by atoms with E-state index in [9.17, 15) is 9.18 Å². The molecule has 216 valence electrons. The molecule has 0 atom stereocenters. The molecule has 4 aromatic carbocycles. The average molecular weight is 583 g/mol. The summed E-state index contributed by atoms with van der Waals surface area (Å²) in [5, 5.41) is 6.02. The molecule has 7 rings (SSSR count). The molecule has 0 N–H and O–H groups in total. The van der Waals surface area contributed by atoms with Crippen molar-refractivity contribution in [2.24, 2.45) is 5.10 Å². The van der Waals surface area contributed by atoms with E-state index in [0.29, 0.717) is 39.4 Å². The van der Waals surface area contributed by atoms with E-state index in [-0.39, 0.29) is 18.0 Å². The Balaban J connectivity index is 1.22. The molecule has 0 spiro atoms. The minimum Gasteiger partial charge on any atom is -0.489 e. The van der Waals surface area contributed by atoms with E-state index in [1.54, 1.807) is 36.5 Å². The number of rotatable bonds is 7. The maximum absolute atomic E-state index is 14.0. The molecule has 0 amide bonds. The molecule has 0 aliphatic carbocycles. The number of benzene rings is 4. The van der Waals surface area contributed by atoms with E-state index in [1.807, 2.05) is 86.6 Å². The first-order valence-electron chi connectivity index (χ1n) is 14.2. The molecule has 7 nitrogen and oxygen atoms in total. The SMILES string of the molecule is Cc1cc(C=Nn2c(-c3cc4ccccc4o3)nc3ccccc3c2=O)c(C)n1-c1ccc(OCc2ccccc2F)cc1. The van der Waals surface area contributed by atoms with Crippen molar-refractivity contribution >= 4 is 28.1 Å². The number of furan rings is 1. The van der Waals surface area contributed by atoms with E-state index in [4.69, 9.17) is 14.1 Å². The van der Waals surface area contributed by atoms with Crippen LogP contribution in [0.25, 0.3) is 39.1 Å². The lowest BCUT2D eigenvalue weighted by Gasteiger charge is -2.12. The van der Waals surface area contributed by atoms with Crippen molar-refractivity contribution in [1.82, 2.24) is 14.2 Å². The predicted octanol–water partition coefficient (Wildman–Crippen LogP) is 7.82. The Morgan fingerprint density at radius 3 is 2.48 bits per heavy atom. The van der Waals surface area contributed by atoms with Crippen LogP contribution in [-0.4, -0.2) is 20.4 Å². The van der Waals surface area contributed by atoms with Crippen molar-refractivity contribution < 1.29 is 13.5 Å². The monoisotopic (exact) mass is 582 g/mol. The Kier molecular flexibility index (Phi) is 6.86. The lowest BCUT2D eigenvalue weighted by molar-refractivity contribution is 0.300. The van der Waals surface area contributed by atoms with Gasteiger partial charge in [0.2, 0.25) is 5.82 Å². The van der Waals surface area contributed by atoms with Crippen molar-refractivity contribution in [3.05, 3.63) is 148 Å². The molecular weight excluding hydrogens is 555 g/mol. The normalized spacial score (nSPS) is 11.6. The zero-order chi connectivity index (χ0) is 30.2. The Morgan fingerprint density at radius 2 is 1.66 bits per heavy atom. The topological polar surface area (TPSA) is 74.5 Å². The van der Waals surface area contributed by atoms with Crippen LogP contribution in [0.15, 0.2) is 124 Å². The number of nitrogens with zero attached hydrogens (tertiary/aromatic N) is 4. The molecule has 0 saturated heterocycles. The molecule has 7 aromatic rings. The van der Waals surface area contributed by atoms with Gasteiger partial charge in [-0.15, -0.1) is 0 Å². The summed E-state index contributed by atoms with van der Waals surface area (Å²) in [7, 11) is 0. The molecule has 0 radical (unpaired) electrons. The van der Waals surface area contributed by atoms with Gasteiger partial charge in [0.05, 0.1) is 17.1 Å². The Bertz CT molecular complexity index is 2210. The minimum atomic E-state index is -0.290. The molecule has 0 aliphatic rings. The van der Waals surface area contributed by atoms with Gasteiger partial charge < -0.3 is 13.7 Å². The third-order valence-corrected chi connectivity index (χ3v) is 7.63. The maximum atomic E-state index is 14.0. The fraction of sp³-hybridized carbons (Fsp3) is 0.0833. The molecule has 0 unspecified atom stereocenters. The van der Waals surface area contributed by atoms with Gasteiger partial charge in [-0.2, -0.15) is 9.78 Å². The summed E-state index contributed by atoms with van der Waals surface area (Å²) in [6.45, 7) is 4.16. The number of para-hydroxylation sites is 2. The largest absolute Gasteiger partial charge is 0.489 e. The van der Waals surface area contributed by atoms with Crippen LogP contribution in [0, 0.1) is 19.7 Å². The molecular formula is C36H27FN4O3. The van der Waals surface area contributed by atoms with Gasteiger partial charge >= 0.3 is 0 Å². The van der Waals surface area contributed by atoms with Crippen LogP contribution in [0.2, 0.25) is 0 Å². The van der Waals surface area contributed by atoms with Crippen LogP contribution in [-0.2, 0) is 6.61 Å². The summed E-state index contributed by atoms with van der Waals surface area (Å²) in [4.78, 5) is 18.4. The van der Waals surface area contributed by atoms with Crippen LogP contribution < -0.4 is 10.3 Å². The average Bonchev–Trinajstić information content (AvgIpc) is 3.60. The fourth-order valence-corrected chi connectivity index (χ4v) is 5.39. The number of aromatic nitrogens is 3. The van der Waals surface area contributed by atoms with E-state index in [2.05, 4.69) is 9.67 Å².